The van der Waals surface area contributed by atoms with Crippen LogP contribution in [0.25, 0.3) is 11.3 Å². The number of non-ortho nitro benzene ring substituents is 1. The van der Waals surface area contributed by atoms with E-state index < -0.39 is 22.2 Å². The molecule has 0 saturated heterocycles. The van der Waals surface area contributed by atoms with Gasteiger partial charge < -0.3 is 4.74 Å². The topological polar surface area (TPSA) is 146 Å². The second-order valence-corrected chi connectivity index (χ2v) is 7.59. The number of nitrogens with one attached hydrogen (secondary N) is 2. The van der Waals surface area contributed by atoms with Gasteiger partial charge in [-0.3, -0.25) is 19.9 Å². The molecular weight excluding hydrogens is 505 g/mol. The quantitative estimate of drug-likeness (QED) is 0.186. The van der Waals surface area contributed by atoms with Crippen LogP contribution in [-0.2, 0) is 6.18 Å². The maximum absolute atomic E-state index is 13.1. The SMILES string of the molecule is N#Cc1c(-c2ccccc2)nc(NN=Cc2cc([N+](=O)[O-])ccc2Oc2cccc(C(F)(F)F)c2)[nH]c1=O. The molecule has 0 bridgehead atoms. The van der Waals surface area contributed by atoms with Crippen LogP contribution in [0.1, 0.15) is 16.7 Å². The summed E-state index contributed by atoms with van der Waals surface area (Å²) >= 11 is 0. The summed E-state index contributed by atoms with van der Waals surface area (Å²) < 4.78 is 44.7. The molecule has 1 heterocycles. The number of alkyl halides is 3. The van der Waals surface area contributed by atoms with Crippen molar-refractivity contribution in [3.8, 4) is 28.8 Å². The van der Waals surface area contributed by atoms with Crippen LogP contribution in [-0.4, -0.2) is 21.1 Å². The lowest BCUT2D eigenvalue weighted by molar-refractivity contribution is -0.384. The fourth-order valence-electron chi connectivity index (χ4n) is 3.30. The van der Waals surface area contributed by atoms with Crippen LogP contribution < -0.4 is 15.7 Å². The van der Waals surface area contributed by atoms with Crippen LogP contribution in [0.5, 0.6) is 11.5 Å². The van der Waals surface area contributed by atoms with Crippen LogP contribution >= 0.6 is 0 Å². The Kier molecular flexibility index (Phi) is 7.15. The van der Waals surface area contributed by atoms with Gasteiger partial charge in [0.25, 0.3) is 11.2 Å². The number of nitriles is 1. The zero-order chi connectivity index (χ0) is 27.3. The summed E-state index contributed by atoms with van der Waals surface area (Å²) in [7, 11) is 0. The van der Waals surface area contributed by atoms with E-state index in [0.717, 1.165) is 36.5 Å². The van der Waals surface area contributed by atoms with Crippen molar-refractivity contribution in [2.75, 3.05) is 5.43 Å². The van der Waals surface area contributed by atoms with Gasteiger partial charge in [-0.25, -0.2) is 10.4 Å². The summed E-state index contributed by atoms with van der Waals surface area (Å²) in [4.78, 5) is 29.6. The first-order chi connectivity index (χ1) is 18.2. The summed E-state index contributed by atoms with van der Waals surface area (Å²) in [6, 6.07) is 17.9. The maximum atomic E-state index is 13.1. The Morgan fingerprint density at radius 1 is 1.11 bits per heavy atom. The van der Waals surface area contributed by atoms with Crippen molar-refractivity contribution in [1.82, 2.24) is 9.97 Å². The second kappa shape index (κ2) is 10.6. The van der Waals surface area contributed by atoms with E-state index in [1.165, 1.54) is 12.1 Å². The third-order valence-corrected chi connectivity index (χ3v) is 5.05. The van der Waals surface area contributed by atoms with Crippen LogP contribution in [0.15, 0.2) is 82.7 Å². The van der Waals surface area contributed by atoms with Gasteiger partial charge in [0.15, 0.2) is 0 Å². The summed E-state index contributed by atoms with van der Waals surface area (Å²) in [6.07, 6.45) is -3.48. The fraction of sp³-hybridized carbons (Fsp3) is 0.0400. The minimum absolute atomic E-state index is 0.0215. The highest BCUT2D eigenvalue weighted by atomic mass is 19.4. The van der Waals surface area contributed by atoms with Crippen molar-refractivity contribution in [3.63, 3.8) is 0 Å². The predicted molar refractivity (Wildman–Crippen MR) is 131 cm³/mol. The predicted octanol–water partition coefficient (Wildman–Crippen LogP) is 5.47. The molecule has 0 amide bonds. The number of H-pyrrole nitrogens is 1. The van der Waals surface area contributed by atoms with E-state index in [1.807, 2.05) is 6.07 Å². The Labute approximate surface area is 211 Å². The Bertz CT molecular complexity index is 1630. The largest absolute Gasteiger partial charge is 0.457 e. The number of halogens is 3. The van der Waals surface area contributed by atoms with Crippen LogP contribution in [0.2, 0.25) is 0 Å². The van der Waals surface area contributed by atoms with E-state index in [1.54, 1.807) is 30.3 Å². The number of nitro groups is 1. The van der Waals surface area contributed by atoms with Gasteiger partial charge in [-0.05, 0) is 24.3 Å². The normalized spacial score (nSPS) is 11.2. The van der Waals surface area contributed by atoms with Gasteiger partial charge in [-0.2, -0.15) is 23.5 Å². The highest BCUT2D eigenvalue weighted by Crippen LogP contribution is 2.34. The molecule has 4 rings (SSSR count). The molecule has 4 aromatic rings. The Balaban J connectivity index is 1.65. The zero-order valence-electron chi connectivity index (χ0n) is 19.1. The Hall–Kier alpha value is -5.51. The minimum Gasteiger partial charge on any atom is -0.457 e. The number of aromatic nitrogens is 2. The van der Waals surface area contributed by atoms with Gasteiger partial charge in [0.1, 0.15) is 23.1 Å². The Morgan fingerprint density at radius 2 is 1.87 bits per heavy atom. The number of anilines is 1. The standard InChI is InChI=1S/C25H15F3N6O4/c26-25(27,28)17-7-4-8-19(12-17)38-21-10-9-18(34(36)37)11-16(21)14-30-33-24-31-22(15-5-2-1-3-6-15)20(13-29)23(35)32-24/h1-12,14H,(H2,31,32,33,35). The first-order valence-electron chi connectivity index (χ1n) is 10.7. The van der Waals surface area contributed by atoms with Gasteiger partial charge >= 0.3 is 6.18 Å². The molecule has 10 nitrogen and oxygen atoms in total. The number of rotatable bonds is 7. The summed E-state index contributed by atoms with van der Waals surface area (Å²) in [5.74, 6) is -0.302. The maximum Gasteiger partial charge on any atom is 0.416 e. The van der Waals surface area contributed by atoms with E-state index in [9.17, 15) is 33.3 Å². The molecule has 0 fully saturated rings. The lowest BCUT2D eigenvalue weighted by Gasteiger charge is -2.11. The number of aromatic amines is 1. The molecule has 0 aliphatic carbocycles. The monoisotopic (exact) mass is 520 g/mol. The summed E-state index contributed by atoms with van der Waals surface area (Å²) in [5.41, 5.74) is 0.971. The van der Waals surface area contributed by atoms with Crippen LogP contribution in [0.4, 0.5) is 24.8 Å². The lowest BCUT2D eigenvalue weighted by Crippen LogP contribution is -2.16. The third kappa shape index (κ3) is 5.82. The molecule has 13 heteroatoms. The number of hydrogen-bond acceptors (Lipinski definition) is 8. The van der Waals surface area contributed by atoms with Crippen molar-refractivity contribution < 1.29 is 22.8 Å². The molecule has 0 atom stereocenters. The van der Waals surface area contributed by atoms with Crippen LogP contribution in [0, 0.1) is 21.4 Å². The molecular formula is C25H15F3N6O4. The number of nitrogens with zero attached hydrogens (tertiary/aromatic N) is 4. The van der Waals surface area contributed by atoms with E-state index in [-0.39, 0.29) is 40.0 Å². The minimum atomic E-state index is -4.59. The van der Waals surface area contributed by atoms with Crippen LogP contribution in [0.3, 0.4) is 0 Å². The van der Waals surface area contributed by atoms with Crippen molar-refractivity contribution >= 4 is 17.9 Å². The summed E-state index contributed by atoms with van der Waals surface area (Å²) in [6.45, 7) is 0. The fourth-order valence-corrected chi connectivity index (χ4v) is 3.30. The average molecular weight is 520 g/mol. The molecule has 0 unspecified atom stereocenters. The molecule has 1 aromatic heterocycles. The van der Waals surface area contributed by atoms with Crippen molar-refractivity contribution in [2.24, 2.45) is 5.10 Å². The highest BCUT2D eigenvalue weighted by molar-refractivity contribution is 5.85. The van der Waals surface area contributed by atoms with E-state index >= 15 is 0 Å². The van der Waals surface area contributed by atoms with Crippen molar-refractivity contribution in [3.05, 3.63) is 110 Å². The lowest BCUT2D eigenvalue weighted by atomic mass is 10.1. The molecule has 0 saturated carbocycles. The van der Waals surface area contributed by atoms with Crippen molar-refractivity contribution in [2.45, 2.75) is 6.18 Å². The number of benzene rings is 3. The molecule has 0 aliphatic rings. The average Bonchev–Trinajstić information content (AvgIpc) is 2.89. The van der Waals surface area contributed by atoms with Gasteiger partial charge in [0.2, 0.25) is 5.95 Å². The summed E-state index contributed by atoms with van der Waals surface area (Å²) in [5, 5.41) is 24.5. The smallest absolute Gasteiger partial charge is 0.416 e. The third-order valence-electron chi connectivity index (χ3n) is 5.05. The van der Waals surface area contributed by atoms with Gasteiger partial charge in [-0.15, -0.1) is 0 Å². The number of hydrazone groups is 1. The molecule has 190 valence electrons. The Morgan fingerprint density at radius 3 is 2.55 bits per heavy atom. The second-order valence-electron chi connectivity index (χ2n) is 7.59. The van der Waals surface area contributed by atoms with E-state index in [0.29, 0.717) is 5.56 Å². The first-order valence-corrected chi connectivity index (χ1v) is 10.7. The number of hydrogen-bond donors (Lipinski definition) is 2. The number of ether oxygens (including phenoxy) is 1. The molecule has 2 N–H and O–H groups in total. The molecule has 3 aromatic carbocycles. The first kappa shape index (κ1) is 25.6. The molecule has 38 heavy (non-hydrogen) atoms. The number of nitro benzene ring substituents is 1. The highest BCUT2D eigenvalue weighted by Gasteiger charge is 2.30. The van der Waals surface area contributed by atoms with Crippen molar-refractivity contribution in [1.29, 1.82) is 5.26 Å². The molecule has 0 radical (unpaired) electrons. The van der Waals surface area contributed by atoms with Gasteiger partial charge in [0, 0.05) is 23.3 Å². The molecule has 0 spiro atoms. The van der Waals surface area contributed by atoms with E-state index in [4.69, 9.17) is 4.74 Å². The van der Waals surface area contributed by atoms with E-state index in [2.05, 4.69) is 20.5 Å². The molecule has 0 aliphatic heterocycles. The van der Waals surface area contributed by atoms with Gasteiger partial charge in [-0.1, -0.05) is 36.4 Å². The van der Waals surface area contributed by atoms with Gasteiger partial charge in [0.05, 0.1) is 22.4 Å². The zero-order valence-corrected chi connectivity index (χ0v) is 19.1.